The van der Waals surface area contributed by atoms with Crippen LogP contribution >= 0.6 is 0 Å². The smallest absolute Gasteiger partial charge is 0.410 e. The van der Waals surface area contributed by atoms with Gasteiger partial charge >= 0.3 is 12.1 Å². The van der Waals surface area contributed by atoms with Gasteiger partial charge in [-0.2, -0.15) is 0 Å². The van der Waals surface area contributed by atoms with E-state index in [9.17, 15) is 9.59 Å². The minimum absolute atomic E-state index is 0.0758. The van der Waals surface area contributed by atoms with E-state index in [-0.39, 0.29) is 12.1 Å². The van der Waals surface area contributed by atoms with Crippen molar-refractivity contribution in [2.24, 2.45) is 0 Å². The molecule has 1 N–H and O–H groups in total. The number of carbonyl (C=O) groups is 2. The van der Waals surface area contributed by atoms with Crippen molar-refractivity contribution in [1.82, 2.24) is 9.80 Å². The number of carbonyl (C=O) groups excluding carboxylic acids is 1. The summed E-state index contributed by atoms with van der Waals surface area (Å²) < 4.78 is 5.45. The van der Waals surface area contributed by atoms with Gasteiger partial charge in [0.1, 0.15) is 5.60 Å². The average molecular weight is 334 g/mol. The average Bonchev–Trinajstić information content (AvgIpc) is 2.46. The minimum Gasteiger partial charge on any atom is -0.478 e. The summed E-state index contributed by atoms with van der Waals surface area (Å²) in [7, 11) is 0. The molecule has 0 bridgehead atoms. The molecule has 1 amide bonds. The second-order valence-corrected chi connectivity index (χ2v) is 7.26. The van der Waals surface area contributed by atoms with Crippen LogP contribution in [-0.4, -0.2) is 58.2 Å². The molecule has 1 fully saturated rings. The van der Waals surface area contributed by atoms with Crippen LogP contribution in [0.25, 0.3) is 0 Å². The third-order valence-electron chi connectivity index (χ3n) is 3.95. The van der Waals surface area contributed by atoms with Crippen LogP contribution in [0.2, 0.25) is 0 Å². The summed E-state index contributed by atoms with van der Waals surface area (Å²) in [4.78, 5) is 27.1. The first-order chi connectivity index (χ1) is 11.2. The Kier molecular flexibility index (Phi) is 5.49. The molecule has 0 aromatic heterocycles. The lowest BCUT2D eigenvalue weighted by molar-refractivity contribution is 0.000553. The minimum atomic E-state index is -0.916. The van der Waals surface area contributed by atoms with Crippen LogP contribution in [0.3, 0.4) is 0 Å². The third kappa shape index (κ3) is 4.96. The molecule has 132 valence electrons. The van der Waals surface area contributed by atoms with E-state index in [2.05, 4.69) is 4.90 Å². The van der Waals surface area contributed by atoms with Crippen molar-refractivity contribution in [2.75, 3.05) is 19.6 Å². The highest BCUT2D eigenvalue weighted by molar-refractivity contribution is 5.87. The highest BCUT2D eigenvalue weighted by Gasteiger charge is 2.30. The molecule has 1 aliphatic heterocycles. The van der Waals surface area contributed by atoms with Crippen LogP contribution in [-0.2, 0) is 11.3 Å². The van der Waals surface area contributed by atoms with Gasteiger partial charge in [-0.1, -0.05) is 12.1 Å². The molecule has 1 aromatic carbocycles. The number of aromatic carboxylic acids is 1. The first-order valence-electron chi connectivity index (χ1n) is 8.20. The molecular weight excluding hydrogens is 308 g/mol. The zero-order valence-electron chi connectivity index (χ0n) is 14.8. The molecule has 1 heterocycles. The summed E-state index contributed by atoms with van der Waals surface area (Å²) in [5.41, 5.74) is 0.875. The number of benzene rings is 1. The van der Waals surface area contributed by atoms with E-state index in [0.29, 0.717) is 12.1 Å². The number of piperazine rings is 1. The maximum absolute atomic E-state index is 12.2. The molecule has 1 aliphatic rings. The Morgan fingerprint density at radius 1 is 1.21 bits per heavy atom. The molecular formula is C18H26N2O4. The highest BCUT2D eigenvalue weighted by atomic mass is 16.6. The largest absolute Gasteiger partial charge is 0.478 e. The van der Waals surface area contributed by atoms with E-state index >= 15 is 0 Å². The molecule has 1 atom stereocenters. The molecule has 0 unspecified atom stereocenters. The third-order valence-corrected chi connectivity index (χ3v) is 3.95. The lowest BCUT2D eigenvalue weighted by Gasteiger charge is -2.40. The molecule has 0 saturated carbocycles. The van der Waals surface area contributed by atoms with Crippen LogP contribution in [0.15, 0.2) is 24.3 Å². The molecule has 0 spiro atoms. The predicted molar refractivity (Wildman–Crippen MR) is 91.1 cm³/mol. The van der Waals surface area contributed by atoms with Crippen LogP contribution in [0, 0.1) is 0 Å². The molecule has 1 saturated heterocycles. The first kappa shape index (κ1) is 18.3. The fourth-order valence-electron chi connectivity index (χ4n) is 2.78. The lowest BCUT2D eigenvalue weighted by Crippen LogP contribution is -2.54. The van der Waals surface area contributed by atoms with E-state index in [1.165, 1.54) is 0 Å². The highest BCUT2D eigenvalue weighted by Crippen LogP contribution is 2.17. The standard InChI is InChI=1S/C18H26N2O4/c1-13-11-19(9-10-20(13)17(23)24-18(2,3)4)12-14-5-7-15(8-6-14)16(21)22/h5-8,13H,9-12H2,1-4H3,(H,21,22)/t13-/m1/s1. The predicted octanol–water partition coefficient (Wildman–Crippen LogP) is 2.83. The van der Waals surface area contributed by atoms with Crippen molar-refractivity contribution < 1.29 is 19.4 Å². The van der Waals surface area contributed by atoms with Gasteiger partial charge in [0.15, 0.2) is 0 Å². The Balaban J connectivity index is 1.91. The van der Waals surface area contributed by atoms with Gasteiger partial charge < -0.3 is 14.7 Å². The van der Waals surface area contributed by atoms with Crippen LogP contribution in [0.5, 0.6) is 0 Å². The Bertz CT molecular complexity index is 592. The van der Waals surface area contributed by atoms with Gasteiger partial charge in [-0.25, -0.2) is 9.59 Å². The zero-order valence-corrected chi connectivity index (χ0v) is 14.8. The van der Waals surface area contributed by atoms with Gasteiger partial charge in [0, 0.05) is 32.2 Å². The van der Waals surface area contributed by atoms with E-state index in [1.807, 2.05) is 39.8 Å². The summed E-state index contributed by atoms with van der Waals surface area (Å²) in [6.45, 7) is 10.5. The van der Waals surface area contributed by atoms with E-state index in [4.69, 9.17) is 9.84 Å². The fourth-order valence-corrected chi connectivity index (χ4v) is 2.78. The van der Waals surface area contributed by atoms with Gasteiger partial charge in [-0.3, -0.25) is 4.90 Å². The molecule has 0 radical (unpaired) electrons. The van der Waals surface area contributed by atoms with Crippen molar-refractivity contribution in [3.8, 4) is 0 Å². The van der Waals surface area contributed by atoms with Crippen molar-refractivity contribution in [2.45, 2.75) is 45.9 Å². The normalized spacial score (nSPS) is 19.2. The SMILES string of the molecule is C[C@@H]1CN(Cc2ccc(C(=O)O)cc2)CCN1C(=O)OC(C)(C)C. The number of nitrogens with zero attached hydrogens (tertiary/aromatic N) is 2. The number of carboxylic acid groups (broad SMARTS) is 1. The van der Waals surface area contributed by atoms with Crippen molar-refractivity contribution in [1.29, 1.82) is 0 Å². The van der Waals surface area contributed by atoms with Crippen LogP contribution in [0.4, 0.5) is 4.79 Å². The zero-order chi connectivity index (χ0) is 17.9. The Morgan fingerprint density at radius 2 is 1.83 bits per heavy atom. The van der Waals surface area contributed by atoms with Crippen molar-refractivity contribution >= 4 is 12.1 Å². The molecule has 6 heteroatoms. The van der Waals surface area contributed by atoms with Crippen molar-refractivity contribution in [3.63, 3.8) is 0 Å². The number of carboxylic acids is 1. The summed E-state index contributed by atoms with van der Waals surface area (Å²) in [6.07, 6.45) is -0.263. The Labute approximate surface area is 143 Å². The van der Waals surface area contributed by atoms with Gasteiger partial charge in [-0.15, -0.1) is 0 Å². The number of hydrogen-bond donors (Lipinski definition) is 1. The Hall–Kier alpha value is -2.08. The maximum atomic E-state index is 12.2. The molecule has 0 aliphatic carbocycles. The monoisotopic (exact) mass is 334 g/mol. The van der Waals surface area contributed by atoms with E-state index < -0.39 is 11.6 Å². The number of ether oxygens (including phenoxy) is 1. The first-order valence-corrected chi connectivity index (χ1v) is 8.20. The van der Waals surface area contributed by atoms with Crippen LogP contribution in [0.1, 0.15) is 43.6 Å². The molecule has 2 rings (SSSR count). The molecule has 1 aromatic rings. The van der Waals surface area contributed by atoms with Gasteiger partial charge in [0.25, 0.3) is 0 Å². The summed E-state index contributed by atoms with van der Waals surface area (Å²) in [5.74, 6) is -0.916. The topological polar surface area (TPSA) is 70.1 Å². The Morgan fingerprint density at radius 3 is 2.33 bits per heavy atom. The summed E-state index contributed by atoms with van der Waals surface area (Å²) in [6, 6.07) is 7.01. The van der Waals surface area contributed by atoms with Gasteiger partial charge in [-0.05, 0) is 45.4 Å². The number of rotatable bonds is 3. The van der Waals surface area contributed by atoms with Gasteiger partial charge in [0.2, 0.25) is 0 Å². The molecule has 6 nitrogen and oxygen atoms in total. The number of amides is 1. The lowest BCUT2D eigenvalue weighted by atomic mass is 10.1. The second kappa shape index (κ2) is 7.21. The maximum Gasteiger partial charge on any atom is 0.410 e. The fraction of sp³-hybridized carbons (Fsp3) is 0.556. The van der Waals surface area contributed by atoms with Crippen molar-refractivity contribution in [3.05, 3.63) is 35.4 Å². The van der Waals surface area contributed by atoms with E-state index in [1.54, 1.807) is 17.0 Å². The van der Waals surface area contributed by atoms with Crippen LogP contribution < -0.4 is 0 Å². The summed E-state index contributed by atoms with van der Waals surface area (Å²) >= 11 is 0. The quantitative estimate of drug-likeness (QED) is 0.920. The number of hydrogen-bond acceptors (Lipinski definition) is 4. The van der Waals surface area contributed by atoms with Gasteiger partial charge in [0.05, 0.1) is 5.56 Å². The second-order valence-electron chi connectivity index (χ2n) is 7.26. The molecule has 24 heavy (non-hydrogen) atoms. The summed E-state index contributed by atoms with van der Waals surface area (Å²) in [5, 5.41) is 8.93. The van der Waals surface area contributed by atoms with E-state index in [0.717, 1.165) is 25.2 Å².